The van der Waals surface area contributed by atoms with E-state index in [1.807, 2.05) is 49.4 Å². The number of halogens is 2. The molecule has 3 aromatic rings. The number of nitrogens with one attached hydrogen (secondary N) is 1. The molecular formula is C18H14F2N2. The zero-order valence-electron chi connectivity index (χ0n) is 12.0. The van der Waals surface area contributed by atoms with Gasteiger partial charge in [-0.15, -0.1) is 0 Å². The number of nitrogens with zero attached hydrogens (tertiary/aromatic N) is 1. The van der Waals surface area contributed by atoms with E-state index in [4.69, 9.17) is 0 Å². The van der Waals surface area contributed by atoms with Crippen LogP contribution in [0.15, 0.2) is 65.8 Å². The molecule has 22 heavy (non-hydrogen) atoms. The van der Waals surface area contributed by atoms with Gasteiger partial charge in [0.25, 0.3) is 0 Å². The van der Waals surface area contributed by atoms with Crippen molar-refractivity contribution >= 4 is 22.2 Å². The van der Waals surface area contributed by atoms with Gasteiger partial charge in [0.05, 0.1) is 11.4 Å². The average molecular weight is 296 g/mol. The van der Waals surface area contributed by atoms with Crippen molar-refractivity contribution in [1.29, 1.82) is 0 Å². The van der Waals surface area contributed by atoms with Crippen LogP contribution in [-0.4, -0.2) is 5.71 Å². The molecule has 0 aromatic heterocycles. The number of benzene rings is 3. The smallest absolute Gasteiger partial charge is 0.151 e. The summed E-state index contributed by atoms with van der Waals surface area (Å²) in [5.74, 6) is -1.28. The summed E-state index contributed by atoms with van der Waals surface area (Å²) >= 11 is 0. The Bertz CT molecular complexity index is 857. The molecule has 0 aliphatic heterocycles. The number of hydrogen-bond donors (Lipinski definition) is 1. The summed E-state index contributed by atoms with van der Waals surface area (Å²) in [4.78, 5) is 0. The van der Waals surface area contributed by atoms with Crippen LogP contribution in [0.4, 0.5) is 14.5 Å². The van der Waals surface area contributed by atoms with E-state index in [0.29, 0.717) is 0 Å². The van der Waals surface area contributed by atoms with Crippen molar-refractivity contribution in [2.75, 3.05) is 5.43 Å². The van der Waals surface area contributed by atoms with E-state index in [1.54, 1.807) is 0 Å². The Morgan fingerprint density at radius 2 is 1.68 bits per heavy atom. The molecule has 1 N–H and O–H groups in total. The summed E-state index contributed by atoms with van der Waals surface area (Å²) in [7, 11) is 0. The molecule has 0 bridgehead atoms. The van der Waals surface area contributed by atoms with Crippen molar-refractivity contribution in [3.63, 3.8) is 0 Å². The number of fused-ring (bicyclic) bond motifs is 1. The fourth-order valence-corrected chi connectivity index (χ4v) is 2.20. The summed E-state index contributed by atoms with van der Waals surface area (Å²) in [5, 5.41) is 6.43. The van der Waals surface area contributed by atoms with E-state index in [-0.39, 0.29) is 5.69 Å². The third kappa shape index (κ3) is 2.96. The minimum atomic E-state index is -0.671. The van der Waals surface area contributed by atoms with E-state index < -0.39 is 11.6 Å². The first kappa shape index (κ1) is 14.2. The Balaban J connectivity index is 1.86. The van der Waals surface area contributed by atoms with Gasteiger partial charge in [0.2, 0.25) is 0 Å². The molecule has 0 heterocycles. The normalized spacial score (nSPS) is 11.7. The fraction of sp³-hybridized carbons (Fsp3) is 0.0556. The highest BCUT2D eigenvalue weighted by Gasteiger charge is 2.04. The number of hydrazone groups is 1. The molecule has 0 aliphatic rings. The summed E-state index contributed by atoms with van der Waals surface area (Å²) < 4.78 is 26.4. The van der Waals surface area contributed by atoms with Crippen LogP contribution in [-0.2, 0) is 0 Å². The van der Waals surface area contributed by atoms with Gasteiger partial charge in [0.1, 0.15) is 5.82 Å². The number of hydrogen-bond acceptors (Lipinski definition) is 2. The van der Waals surface area contributed by atoms with E-state index in [9.17, 15) is 8.78 Å². The molecule has 0 unspecified atom stereocenters. The third-order valence-electron chi connectivity index (χ3n) is 3.44. The number of anilines is 1. The lowest BCUT2D eigenvalue weighted by Gasteiger charge is -2.06. The van der Waals surface area contributed by atoms with Gasteiger partial charge in [0, 0.05) is 6.07 Å². The molecule has 0 radical (unpaired) electrons. The highest BCUT2D eigenvalue weighted by Crippen LogP contribution is 2.18. The van der Waals surface area contributed by atoms with Gasteiger partial charge >= 0.3 is 0 Å². The van der Waals surface area contributed by atoms with Crippen LogP contribution >= 0.6 is 0 Å². The lowest BCUT2D eigenvalue weighted by atomic mass is 10.0. The minimum absolute atomic E-state index is 0.140. The zero-order chi connectivity index (χ0) is 15.5. The van der Waals surface area contributed by atoms with Gasteiger partial charge in [-0.3, -0.25) is 5.43 Å². The summed E-state index contributed by atoms with van der Waals surface area (Å²) in [6.45, 7) is 1.83. The van der Waals surface area contributed by atoms with Crippen molar-refractivity contribution in [2.45, 2.75) is 6.92 Å². The lowest BCUT2D eigenvalue weighted by molar-refractivity contribution is 0.585. The Hall–Kier alpha value is -2.75. The Kier molecular flexibility index (Phi) is 3.83. The maximum atomic E-state index is 13.5. The monoisotopic (exact) mass is 296 g/mol. The van der Waals surface area contributed by atoms with Crippen molar-refractivity contribution in [3.8, 4) is 0 Å². The van der Waals surface area contributed by atoms with Gasteiger partial charge in [0.15, 0.2) is 5.82 Å². The molecular weight excluding hydrogens is 282 g/mol. The topological polar surface area (TPSA) is 24.4 Å². The summed E-state index contributed by atoms with van der Waals surface area (Å²) in [5.41, 5.74) is 4.43. The lowest BCUT2D eigenvalue weighted by Crippen LogP contribution is -2.01. The second kappa shape index (κ2) is 5.93. The van der Waals surface area contributed by atoms with Crippen molar-refractivity contribution in [3.05, 3.63) is 77.9 Å². The molecule has 0 saturated heterocycles. The van der Waals surface area contributed by atoms with E-state index in [2.05, 4.69) is 10.5 Å². The summed E-state index contributed by atoms with van der Waals surface area (Å²) in [6, 6.07) is 17.4. The highest BCUT2D eigenvalue weighted by atomic mass is 19.1. The molecule has 110 valence electrons. The van der Waals surface area contributed by atoms with E-state index >= 15 is 0 Å². The maximum absolute atomic E-state index is 13.5. The molecule has 0 saturated carbocycles. The molecule has 2 nitrogen and oxygen atoms in total. The van der Waals surface area contributed by atoms with Crippen LogP contribution < -0.4 is 5.43 Å². The zero-order valence-corrected chi connectivity index (χ0v) is 12.0. The average Bonchev–Trinajstić information content (AvgIpc) is 2.53. The molecule has 0 amide bonds. The van der Waals surface area contributed by atoms with Crippen LogP contribution in [0, 0.1) is 11.6 Å². The van der Waals surface area contributed by atoms with Gasteiger partial charge in [-0.25, -0.2) is 8.78 Å². The quantitative estimate of drug-likeness (QED) is 0.536. The van der Waals surface area contributed by atoms with E-state index in [0.717, 1.165) is 28.1 Å². The molecule has 0 fully saturated rings. The van der Waals surface area contributed by atoms with E-state index in [1.165, 1.54) is 12.1 Å². The Morgan fingerprint density at radius 3 is 2.45 bits per heavy atom. The van der Waals surface area contributed by atoms with Gasteiger partial charge in [-0.1, -0.05) is 36.4 Å². The van der Waals surface area contributed by atoms with Crippen molar-refractivity contribution < 1.29 is 8.78 Å². The second-order valence-corrected chi connectivity index (χ2v) is 5.00. The van der Waals surface area contributed by atoms with Crippen molar-refractivity contribution in [2.24, 2.45) is 5.10 Å². The van der Waals surface area contributed by atoms with Gasteiger partial charge in [-0.05, 0) is 41.5 Å². The third-order valence-corrected chi connectivity index (χ3v) is 3.44. The first-order valence-electron chi connectivity index (χ1n) is 6.88. The maximum Gasteiger partial charge on any atom is 0.151 e. The standard InChI is InChI=1S/C18H14F2N2/c1-12(21-22-18-9-8-16(19)11-17(18)20)14-7-6-13-4-2-3-5-15(13)10-14/h2-11,22H,1H3. The van der Waals surface area contributed by atoms with Crippen LogP contribution in [0.25, 0.3) is 10.8 Å². The molecule has 0 atom stereocenters. The molecule has 4 heteroatoms. The van der Waals surface area contributed by atoms with Crippen molar-refractivity contribution in [1.82, 2.24) is 0 Å². The van der Waals surface area contributed by atoms with Crippen LogP contribution in [0.2, 0.25) is 0 Å². The van der Waals surface area contributed by atoms with Crippen LogP contribution in [0.5, 0.6) is 0 Å². The first-order chi connectivity index (χ1) is 10.6. The molecule has 3 rings (SSSR count). The van der Waals surface area contributed by atoms with Crippen LogP contribution in [0.1, 0.15) is 12.5 Å². The highest BCUT2D eigenvalue weighted by molar-refractivity contribution is 6.02. The van der Waals surface area contributed by atoms with Crippen LogP contribution in [0.3, 0.4) is 0 Å². The fourth-order valence-electron chi connectivity index (χ4n) is 2.20. The first-order valence-corrected chi connectivity index (χ1v) is 6.88. The SMILES string of the molecule is CC(=NNc1ccc(F)cc1F)c1ccc2ccccc2c1. The van der Waals surface area contributed by atoms with Gasteiger partial charge in [-0.2, -0.15) is 5.10 Å². The predicted octanol–water partition coefficient (Wildman–Crippen LogP) is 4.95. The Morgan fingerprint density at radius 1 is 0.909 bits per heavy atom. The van der Waals surface area contributed by atoms with Gasteiger partial charge < -0.3 is 0 Å². The predicted molar refractivity (Wildman–Crippen MR) is 86.1 cm³/mol. The Labute approximate surface area is 127 Å². The molecule has 3 aromatic carbocycles. The molecule has 0 aliphatic carbocycles. The number of rotatable bonds is 3. The minimum Gasteiger partial charge on any atom is -0.275 e. The molecule has 0 spiro atoms. The largest absolute Gasteiger partial charge is 0.275 e. The summed E-state index contributed by atoms with van der Waals surface area (Å²) in [6.07, 6.45) is 0. The second-order valence-electron chi connectivity index (χ2n) is 5.00.